The second-order valence-corrected chi connectivity index (χ2v) is 13.5. The van der Waals surface area contributed by atoms with Gasteiger partial charge in [-0.25, -0.2) is 4.79 Å². The molecule has 0 aromatic rings. The van der Waals surface area contributed by atoms with Crippen molar-refractivity contribution in [2.24, 2.45) is 40.4 Å². The van der Waals surface area contributed by atoms with E-state index in [1.807, 2.05) is 6.92 Å². The van der Waals surface area contributed by atoms with Crippen LogP contribution in [-0.4, -0.2) is 62.2 Å². The van der Waals surface area contributed by atoms with Gasteiger partial charge in [-0.3, -0.25) is 4.79 Å². The fourth-order valence-electron chi connectivity index (χ4n) is 9.55. The lowest BCUT2D eigenvalue weighted by molar-refractivity contribution is -0.230. The molecule has 6 aliphatic rings. The van der Waals surface area contributed by atoms with E-state index in [1.54, 1.807) is 12.2 Å². The summed E-state index contributed by atoms with van der Waals surface area (Å²) in [7, 11) is 0. The molecule has 13 atom stereocenters. The van der Waals surface area contributed by atoms with E-state index in [4.69, 9.17) is 9.47 Å². The van der Waals surface area contributed by atoms with Crippen LogP contribution in [-0.2, 0) is 19.1 Å². The van der Waals surface area contributed by atoms with Gasteiger partial charge in [0.1, 0.15) is 23.4 Å². The Morgan fingerprint density at radius 3 is 2.43 bits per heavy atom. The Kier molecular flexibility index (Phi) is 4.80. The normalized spacial score (nSPS) is 59.6. The molecule has 0 aromatic heterocycles. The van der Waals surface area contributed by atoms with E-state index in [1.165, 1.54) is 13.8 Å². The molecule has 5 fully saturated rings. The quantitative estimate of drug-likeness (QED) is 0.404. The molecule has 2 heterocycles. The van der Waals surface area contributed by atoms with Crippen LogP contribution in [0.3, 0.4) is 0 Å². The van der Waals surface area contributed by atoms with Crippen LogP contribution in [0, 0.1) is 40.4 Å². The van der Waals surface area contributed by atoms with Crippen molar-refractivity contribution in [3.8, 4) is 0 Å². The first kappa shape index (κ1) is 24.1. The number of ether oxygens (including phenoxy) is 2. The summed E-state index contributed by atoms with van der Waals surface area (Å²) in [6.07, 6.45) is 7.23. The summed E-state index contributed by atoms with van der Waals surface area (Å²) in [6, 6.07) is 0. The van der Waals surface area contributed by atoms with Crippen LogP contribution in [0.5, 0.6) is 0 Å². The highest BCUT2D eigenvalue weighted by Gasteiger charge is 2.77. The summed E-state index contributed by atoms with van der Waals surface area (Å²) >= 11 is 0. The van der Waals surface area contributed by atoms with Crippen LogP contribution in [0.15, 0.2) is 12.2 Å². The molecule has 7 nitrogen and oxygen atoms in total. The van der Waals surface area contributed by atoms with Gasteiger partial charge in [0.05, 0.1) is 11.5 Å². The standard InChI is InChI=1S/C28H40O7/c1-14(18-13-25(3,31)27(5,32)23(30)34-18)15-8-9-16-20-17(10-12-24(15,16)2)26(4)19(29)7-6-11-28(26,33)22-21(20)35-22/h6-7,14-18,20-22,31-33H,8-13H2,1-5H3/t14-,15+,16-,17-,18+,20-,21-,22-,24+,25+,26-,27-,28-/m0/s1. The molecule has 3 saturated carbocycles. The maximum absolute atomic E-state index is 13.3. The van der Waals surface area contributed by atoms with Gasteiger partial charge in [-0.05, 0) is 94.0 Å². The fourth-order valence-corrected chi connectivity index (χ4v) is 9.55. The van der Waals surface area contributed by atoms with Crippen molar-refractivity contribution < 1.29 is 34.4 Å². The average molecular weight is 489 g/mol. The monoisotopic (exact) mass is 488 g/mol. The SMILES string of the molecule is C[C@@H]([C@H]1CC[C@H]2[C@@H]3[C@@H]4O[C@@H]4[C@@]4(O)CC=CC(=O)[C@]4(C)[C@H]3CC[C@]12C)[C@H]1C[C@@](C)(O)[C@@](C)(O)C(=O)O1. The highest BCUT2D eigenvalue weighted by Crippen LogP contribution is 2.71. The van der Waals surface area contributed by atoms with Crippen LogP contribution >= 0.6 is 0 Å². The molecule has 6 rings (SSSR count). The van der Waals surface area contributed by atoms with Crippen molar-refractivity contribution in [2.45, 2.75) is 108 Å². The zero-order valence-corrected chi connectivity index (χ0v) is 21.5. The summed E-state index contributed by atoms with van der Waals surface area (Å²) in [5.74, 6) is 0.277. The molecule has 0 unspecified atom stereocenters. The van der Waals surface area contributed by atoms with Gasteiger partial charge in [-0.2, -0.15) is 0 Å². The topological polar surface area (TPSA) is 117 Å². The first-order chi connectivity index (χ1) is 16.2. The van der Waals surface area contributed by atoms with Crippen molar-refractivity contribution in [3.63, 3.8) is 0 Å². The molecule has 194 valence electrons. The molecule has 2 saturated heterocycles. The van der Waals surface area contributed by atoms with Gasteiger partial charge >= 0.3 is 5.97 Å². The summed E-state index contributed by atoms with van der Waals surface area (Å²) in [5.41, 5.74) is -5.42. The number of carbonyl (C=O) groups is 2. The number of aliphatic hydroxyl groups is 3. The number of hydrogen-bond acceptors (Lipinski definition) is 7. The Hall–Kier alpha value is -1.28. The van der Waals surface area contributed by atoms with Gasteiger partial charge < -0.3 is 24.8 Å². The van der Waals surface area contributed by atoms with E-state index in [0.717, 1.165) is 25.7 Å². The van der Waals surface area contributed by atoms with E-state index in [9.17, 15) is 24.9 Å². The lowest BCUT2D eigenvalue weighted by atomic mass is 9.43. The van der Waals surface area contributed by atoms with Crippen LogP contribution < -0.4 is 0 Å². The maximum Gasteiger partial charge on any atom is 0.341 e. The molecule has 4 aliphatic carbocycles. The Morgan fingerprint density at radius 2 is 1.74 bits per heavy atom. The van der Waals surface area contributed by atoms with Gasteiger partial charge in [-0.15, -0.1) is 0 Å². The van der Waals surface area contributed by atoms with E-state index < -0.39 is 34.3 Å². The number of fused-ring (bicyclic) bond motifs is 8. The summed E-state index contributed by atoms with van der Waals surface area (Å²) in [6.45, 7) is 9.28. The van der Waals surface area contributed by atoms with Crippen molar-refractivity contribution in [1.29, 1.82) is 0 Å². The second-order valence-electron chi connectivity index (χ2n) is 13.5. The van der Waals surface area contributed by atoms with Crippen molar-refractivity contribution >= 4 is 11.8 Å². The number of allylic oxidation sites excluding steroid dienone is 1. The number of cyclic esters (lactones) is 1. The minimum atomic E-state index is -1.92. The third kappa shape index (κ3) is 2.76. The average Bonchev–Trinajstić information content (AvgIpc) is 3.50. The van der Waals surface area contributed by atoms with Crippen molar-refractivity contribution in [2.75, 3.05) is 0 Å². The highest BCUT2D eigenvalue weighted by atomic mass is 16.6. The minimum Gasteiger partial charge on any atom is -0.460 e. The summed E-state index contributed by atoms with van der Waals surface area (Å²) < 4.78 is 11.9. The Balaban J connectivity index is 1.29. The van der Waals surface area contributed by atoms with E-state index in [0.29, 0.717) is 12.3 Å². The minimum absolute atomic E-state index is 0.000561. The number of rotatable bonds is 2. The molecule has 0 aromatic carbocycles. The lowest BCUT2D eigenvalue weighted by Crippen LogP contribution is -2.67. The van der Waals surface area contributed by atoms with Gasteiger partial charge in [0, 0.05) is 6.42 Å². The predicted octanol–water partition coefficient (Wildman–Crippen LogP) is 2.55. The number of esters is 1. The predicted molar refractivity (Wildman–Crippen MR) is 126 cm³/mol. The van der Waals surface area contributed by atoms with Crippen LogP contribution in [0.25, 0.3) is 0 Å². The Bertz CT molecular complexity index is 1000. The van der Waals surface area contributed by atoms with Gasteiger partial charge in [0.15, 0.2) is 11.4 Å². The van der Waals surface area contributed by atoms with Gasteiger partial charge in [0.25, 0.3) is 0 Å². The van der Waals surface area contributed by atoms with E-state index in [2.05, 4.69) is 13.8 Å². The van der Waals surface area contributed by atoms with Crippen molar-refractivity contribution in [3.05, 3.63) is 12.2 Å². The molecule has 35 heavy (non-hydrogen) atoms. The first-order valence-electron chi connectivity index (χ1n) is 13.4. The molecule has 0 spiro atoms. The molecular formula is C28H40O7. The zero-order chi connectivity index (χ0) is 25.3. The van der Waals surface area contributed by atoms with Gasteiger partial charge in [0.2, 0.25) is 0 Å². The Labute approximate surface area is 207 Å². The van der Waals surface area contributed by atoms with E-state index >= 15 is 0 Å². The van der Waals surface area contributed by atoms with Crippen LogP contribution in [0.1, 0.15) is 73.1 Å². The molecule has 0 bridgehead atoms. The number of ketones is 1. The molecular weight excluding hydrogens is 448 g/mol. The lowest BCUT2D eigenvalue weighted by Gasteiger charge is -2.60. The first-order valence-corrected chi connectivity index (χ1v) is 13.4. The van der Waals surface area contributed by atoms with Crippen molar-refractivity contribution in [1.82, 2.24) is 0 Å². The van der Waals surface area contributed by atoms with Crippen LogP contribution in [0.4, 0.5) is 0 Å². The van der Waals surface area contributed by atoms with Gasteiger partial charge in [-0.1, -0.05) is 19.9 Å². The zero-order valence-electron chi connectivity index (χ0n) is 21.5. The molecule has 3 N–H and O–H groups in total. The molecule has 0 radical (unpaired) electrons. The third-order valence-corrected chi connectivity index (χ3v) is 12.2. The maximum atomic E-state index is 13.3. The smallest absolute Gasteiger partial charge is 0.341 e. The molecule has 7 heteroatoms. The van der Waals surface area contributed by atoms with E-state index in [-0.39, 0.29) is 53.5 Å². The number of hydrogen-bond donors (Lipinski definition) is 3. The number of carbonyl (C=O) groups excluding carboxylic acids is 2. The molecule has 0 amide bonds. The largest absolute Gasteiger partial charge is 0.460 e. The third-order valence-electron chi connectivity index (χ3n) is 12.2. The second kappa shape index (κ2) is 6.97. The fraction of sp³-hybridized carbons (Fsp3) is 0.857. The molecule has 2 aliphatic heterocycles. The number of epoxide rings is 1. The Morgan fingerprint density at radius 1 is 1.03 bits per heavy atom. The summed E-state index contributed by atoms with van der Waals surface area (Å²) in [5, 5.41) is 33.1. The highest BCUT2D eigenvalue weighted by molar-refractivity contribution is 5.97. The summed E-state index contributed by atoms with van der Waals surface area (Å²) in [4.78, 5) is 25.9. The van der Waals surface area contributed by atoms with Crippen LogP contribution in [0.2, 0.25) is 0 Å².